The molecular weight excluding hydrogens is 194 g/mol. The Bertz CT molecular complexity index is 313. The first kappa shape index (κ1) is 10.2. The lowest BCUT2D eigenvalue weighted by atomic mass is 10.1. The van der Waals surface area contributed by atoms with Crippen LogP contribution < -0.4 is 0 Å². The summed E-state index contributed by atoms with van der Waals surface area (Å²) in [5.74, 6) is 0.0540. The summed E-state index contributed by atoms with van der Waals surface area (Å²) in [4.78, 5) is 13.7. The number of nitrogens with zero attached hydrogens (tertiary/aromatic N) is 1. The molecule has 1 aromatic rings. The normalized spacial score (nSPS) is 18.1. The van der Waals surface area contributed by atoms with Crippen molar-refractivity contribution in [2.75, 3.05) is 20.2 Å². The highest BCUT2D eigenvalue weighted by Gasteiger charge is 2.23. The number of hydrogen-bond donors (Lipinski definition) is 0. The Labute approximate surface area is 88.8 Å². The van der Waals surface area contributed by atoms with E-state index >= 15 is 0 Å². The maximum atomic E-state index is 11.9. The third-order valence-corrected chi connectivity index (χ3v) is 2.83. The van der Waals surface area contributed by atoms with Crippen LogP contribution in [0.2, 0.25) is 0 Å². The average molecular weight is 209 g/mol. The van der Waals surface area contributed by atoms with E-state index in [-0.39, 0.29) is 5.91 Å². The Hall–Kier alpha value is -1.29. The molecule has 1 saturated heterocycles. The molecular formula is C11H15NO3. The van der Waals surface area contributed by atoms with Crippen LogP contribution in [0.4, 0.5) is 0 Å². The maximum absolute atomic E-state index is 11.9. The molecule has 0 aromatic carbocycles. The van der Waals surface area contributed by atoms with E-state index in [1.807, 2.05) is 4.90 Å². The topological polar surface area (TPSA) is 42.7 Å². The van der Waals surface area contributed by atoms with Crippen molar-refractivity contribution < 1.29 is 13.9 Å². The molecule has 1 aliphatic rings. The molecule has 0 radical (unpaired) electrons. The Morgan fingerprint density at radius 2 is 2.27 bits per heavy atom. The van der Waals surface area contributed by atoms with Gasteiger partial charge in [-0.25, -0.2) is 0 Å². The van der Waals surface area contributed by atoms with Gasteiger partial charge in [-0.05, 0) is 18.9 Å². The number of amides is 1. The van der Waals surface area contributed by atoms with E-state index < -0.39 is 0 Å². The van der Waals surface area contributed by atoms with Gasteiger partial charge in [-0.15, -0.1) is 0 Å². The molecule has 0 atom stereocenters. The van der Waals surface area contributed by atoms with Crippen molar-refractivity contribution in [1.29, 1.82) is 0 Å². The second kappa shape index (κ2) is 4.49. The third-order valence-electron chi connectivity index (χ3n) is 2.83. The lowest BCUT2D eigenvalue weighted by molar-refractivity contribution is 0.0350. The van der Waals surface area contributed by atoms with Gasteiger partial charge >= 0.3 is 0 Å². The van der Waals surface area contributed by atoms with E-state index in [4.69, 9.17) is 9.15 Å². The van der Waals surface area contributed by atoms with Crippen LogP contribution in [0.25, 0.3) is 0 Å². The van der Waals surface area contributed by atoms with Crippen LogP contribution in [0.15, 0.2) is 23.0 Å². The van der Waals surface area contributed by atoms with Crippen LogP contribution in [0, 0.1) is 0 Å². The molecule has 0 bridgehead atoms. The minimum atomic E-state index is 0.0540. The van der Waals surface area contributed by atoms with Crippen molar-refractivity contribution in [2.45, 2.75) is 18.9 Å². The first-order chi connectivity index (χ1) is 7.31. The van der Waals surface area contributed by atoms with Crippen LogP contribution >= 0.6 is 0 Å². The van der Waals surface area contributed by atoms with Gasteiger partial charge in [0, 0.05) is 20.2 Å². The van der Waals surface area contributed by atoms with Gasteiger partial charge in [0.25, 0.3) is 5.91 Å². The highest BCUT2D eigenvalue weighted by atomic mass is 16.5. The summed E-state index contributed by atoms with van der Waals surface area (Å²) in [6.07, 6.45) is 5.15. The number of piperidine rings is 1. The molecule has 4 nitrogen and oxygen atoms in total. The number of carbonyl (C=O) groups excluding carboxylic acids is 1. The molecule has 15 heavy (non-hydrogen) atoms. The summed E-state index contributed by atoms with van der Waals surface area (Å²) >= 11 is 0. The van der Waals surface area contributed by atoms with E-state index in [9.17, 15) is 4.79 Å². The van der Waals surface area contributed by atoms with E-state index in [2.05, 4.69) is 0 Å². The zero-order chi connectivity index (χ0) is 10.7. The molecule has 0 N–H and O–H groups in total. The first-order valence-corrected chi connectivity index (χ1v) is 5.15. The fraction of sp³-hybridized carbons (Fsp3) is 0.545. The molecule has 2 heterocycles. The monoisotopic (exact) mass is 209 g/mol. The molecule has 0 aliphatic carbocycles. The molecule has 1 aliphatic heterocycles. The lowest BCUT2D eigenvalue weighted by Gasteiger charge is -2.30. The van der Waals surface area contributed by atoms with Crippen molar-refractivity contribution >= 4 is 5.91 Å². The summed E-state index contributed by atoms with van der Waals surface area (Å²) in [5.41, 5.74) is 0.630. The summed E-state index contributed by atoms with van der Waals surface area (Å²) in [6, 6.07) is 1.70. The fourth-order valence-electron chi connectivity index (χ4n) is 1.86. The SMILES string of the molecule is COC1CCN(C(=O)c2ccoc2)CC1. The van der Waals surface area contributed by atoms with Crippen molar-refractivity contribution in [1.82, 2.24) is 4.90 Å². The zero-order valence-electron chi connectivity index (χ0n) is 8.81. The molecule has 1 fully saturated rings. The molecule has 0 spiro atoms. The number of methoxy groups -OCH3 is 1. The number of ether oxygens (including phenoxy) is 1. The molecule has 2 rings (SSSR count). The quantitative estimate of drug-likeness (QED) is 0.741. The summed E-state index contributed by atoms with van der Waals surface area (Å²) in [5, 5.41) is 0. The molecule has 1 aromatic heterocycles. The van der Waals surface area contributed by atoms with Gasteiger partial charge in [0.15, 0.2) is 0 Å². The standard InChI is InChI=1S/C11H15NO3/c1-14-10-2-5-12(6-3-10)11(13)9-4-7-15-8-9/h4,7-8,10H,2-3,5-6H2,1H3. The number of rotatable bonds is 2. The average Bonchev–Trinajstić information content (AvgIpc) is 2.82. The Morgan fingerprint density at radius 1 is 1.53 bits per heavy atom. The van der Waals surface area contributed by atoms with Crippen molar-refractivity contribution in [3.63, 3.8) is 0 Å². The second-order valence-electron chi connectivity index (χ2n) is 3.74. The minimum Gasteiger partial charge on any atom is -0.472 e. The Kier molecular flexibility index (Phi) is 3.06. The summed E-state index contributed by atoms with van der Waals surface area (Å²) in [7, 11) is 1.72. The summed E-state index contributed by atoms with van der Waals surface area (Å²) in [6.45, 7) is 1.53. The molecule has 1 amide bonds. The predicted octanol–water partition coefficient (Wildman–Crippen LogP) is 1.53. The van der Waals surface area contributed by atoms with Crippen LogP contribution in [-0.2, 0) is 4.74 Å². The molecule has 82 valence electrons. The second-order valence-corrected chi connectivity index (χ2v) is 3.74. The zero-order valence-corrected chi connectivity index (χ0v) is 8.81. The smallest absolute Gasteiger partial charge is 0.257 e. The Morgan fingerprint density at radius 3 is 2.80 bits per heavy atom. The number of carbonyl (C=O) groups is 1. The van der Waals surface area contributed by atoms with Gasteiger partial charge in [0.2, 0.25) is 0 Å². The van der Waals surface area contributed by atoms with Crippen molar-refractivity contribution in [2.24, 2.45) is 0 Å². The van der Waals surface area contributed by atoms with Crippen molar-refractivity contribution in [3.8, 4) is 0 Å². The van der Waals surface area contributed by atoms with Gasteiger partial charge in [-0.3, -0.25) is 4.79 Å². The Balaban J connectivity index is 1.93. The van der Waals surface area contributed by atoms with Crippen LogP contribution in [0.5, 0.6) is 0 Å². The minimum absolute atomic E-state index is 0.0540. The van der Waals surface area contributed by atoms with Gasteiger partial charge in [-0.1, -0.05) is 0 Å². The third kappa shape index (κ3) is 2.21. The van der Waals surface area contributed by atoms with E-state index in [1.54, 1.807) is 13.2 Å². The lowest BCUT2D eigenvalue weighted by Crippen LogP contribution is -2.40. The van der Waals surface area contributed by atoms with Crippen LogP contribution in [0.3, 0.4) is 0 Å². The van der Waals surface area contributed by atoms with E-state index in [0.717, 1.165) is 25.9 Å². The van der Waals surface area contributed by atoms with E-state index in [0.29, 0.717) is 11.7 Å². The molecule has 0 unspecified atom stereocenters. The van der Waals surface area contributed by atoms with Crippen LogP contribution in [-0.4, -0.2) is 37.1 Å². The van der Waals surface area contributed by atoms with Gasteiger partial charge in [0.05, 0.1) is 17.9 Å². The fourth-order valence-corrected chi connectivity index (χ4v) is 1.86. The largest absolute Gasteiger partial charge is 0.472 e. The highest BCUT2D eigenvalue weighted by molar-refractivity contribution is 5.93. The number of likely N-dealkylation sites (tertiary alicyclic amines) is 1. The van der Waals surface area contributed by atoms with Gasteiger partial charge in [-0.2, -0.15) is 0 Å². The predicted molar refractivity (Wildman–Crippen MR) is 54.6 cm³/mol. The number of furan rings is 1. The summed E-state index contributed by atoms with van der Waals surface area (Å²) < 4.78 is 10.1. The van der Waals surface area contributed by atoms with E-state index in [1.165, 1.54) is 12.5 Å². The molecule has 0 saturated carbocycles. The number of hydrogen-bond acceptors (Lipinski definition) is 3. The highest BCUT2D eigenvalue weighted by Crippen LogP contribution is 2.15. The van der Waals surface area contributed by atoms with Crippen molar-refractivity contribution in [3.05, 3.63) is 24.2 Å². The maximum Gasteiger partial charge on any atom is 0.257 e. The van der Waals surface area contributed by atoms with Gasteiger partial charge in [0.1, 0.15) is 6.26 Å². The molecule has 4 heteroatoms. The first-order valence-electron chi connectivity index (χ1n) is 5.15. The van der Waals surface area contributed by atoms with Crippen LogP contribution in [0.1, 0.15) is 23.2 Å². The van der Waals surface area contributed by atoms with Gasteiger partial charge < -0.3 is 14.1 Å².